The van der Waals surface area contributed by atoms with Gasteiger partial charge >= 0.3 is 5.97 Å². The Morgan fingerprint density at radius 2 is 2.37 bits per heavy atom. The molecule has 7 heteroatoms. The second kappa shape index (κ2) is 5.55. The van der Waals surface area contributed by atoms with Crippen molar-refractivity contribution >= 4 is 11.8 Å². The molecular formula is C12H17N5O2. The summed E-state index contributed by atoms with van der Waals surface area (Å²) in [6.45, 7) is 2.68. The maximum absolute atomic E-state index is 11.4. The summed E-state index contributed by atoms with van der Waals surface area (Å²) in [6, 6.07) is 0. The zero-order valence-corrected chi connectivity index (χ0v) is 11.0. The molecule has 0 saturated carbocycles. The highest BCUT2D eigenvalue weighted by Gasteiger charge is 2.15. The Morgan fingerprint density at radius 1 is 1.58 bits per heavy atom. The molecule has 0 aromatic carbocycles. The van der Waals surface area contributed by atoms with Crippen molar-refractivity contribution in [2.75, 3.05) is 12.8 Å². The highest BCUT2D eigenvalue weighted by atomic mass is 16.5. The van der Waals surface area contributed by atoms with E-state index >= 15 is 0 Å². The molecule has 2 aromatic heterocycles. The van der Waals surface area contributed by atoms with Crippen molar-refractivity contribution in [3.05, 3.63) is 29.5 Å². The summed E-state index contributed by atoms with van der Waals surface area (Å²) in [6.07, 6.45) is 5.17. The third-order valence-corrected chi connectivity index (χ3v) is 3.04. The summed E-state index contributed by atoms with van der Waals surface area (Å²) in [4.78, 5) is 15.3. The molecule has 7 nitrogen and oxygen atoms in total. The first kappa shape index (κ1) is 13.1. The van der Waals surface area contributed by atoms with E-state index in [1.807, 2.05) is 13.1 Å². The number of hydrogen-bond donors (Lipinski definition) is 2. The zero-order chi connectivity index (χ0) is 13.8. The number of esters is 1. The van der Waals surface area contributed by atoms with Gasteiger partial charge in [0.2, 0.25) is 0 Å². The third kappa shape index (κ3) is 2.75. The number of nitrogens with zero attached hydrogens (tertiary/aromatic N) is 3. The van der Waals surface area contributed by atoms with E-state index < -0.39 is 5.97 Å². The van der Waals surface area contributed by atoms with Gasteiger partial charge in [0, 0.05) is 12.2 Å². The van der Waals surface area contributed by atoms with Gasteiger partial charge in [0.1, 0.15) is 5.82 Å². The summed E-state index contributed by atoms with van der Waals surface area (Å²) >= 11 is 0. The lowest BCUT2D eigenvalue weighted by Gasteiger charge is -2.05. The Kier molecular flexibility index (Phi) is 3.84. The lowest BCUT2D eigenvalue weighted by Crippen LogP contribution is -2.08. The van der Waals surface area contributed by atoms with Crippen molar-refractivity contribution in [1.82, 2.24) is 19.7 Å². The van der Waals surface area contributed by atoms with E-state index in [1.165, 1.54) is 12.7 Å². The van der Waals surface area contributed by atoms with E-state index in [0.717, 1.165) is 18.5 Å². The number of aromatic nitrogens is 4. The normalized spacial score (nSPS) is 10.6. The fourth-order valence-corrected chi connectivity index (χ4v) is 1.89. The SMILES string of the molecule is COC(=O)c1ncn(CCCc2cn[nH]c2C)c1N. The van der Waals surface area contributed by atoms with Crippen LogP contribution in [0.2, 0.25) is 0 Å². The number of H-pyrrole nitrogens is 1. The molecule has 102 valence electrons. The Morgan fingerprint density at radius 3 is 3.00 bits per heavy atom. The smallest absolute Gasteiger partial charge is 0.360 e. The maximum Gasteiger partial charge on any atom is 0.360 e. The molecule has 2 aromatic rings. The quantitative estimate of drug-likeness (QED) is 0.781. The summed E-state index contributed by atoms with van der Waals surface area (Å²) in [5.74, 6) is -0.169. The number of aryl methyl sites for hydroxylation is 3. The number of anilines is 1. The Balaban J connectivity index is 1.95. The van der Waals surface area contributed by atoms with Crippen LogP contribution in [0.1, 0.15) is 28.2 Å². The molecule has 0 atom stereocenters. The molecule has 2 rings (SSSR count). The van der Waals surface area contributed by atoms with E-state index in [-0.39, 0.29) is 5.69 Å². The van der Waals surface area contributed by atoms with Gasteiger partial charge in [0.05, 0.1) is 19.6 Å². The molecule has 0 amide bonds. The van der Waals surface area contributed by atoms with Gasteiger partial charge in [-0.1, -0.05) is 0 Å². The second-order valence-electron chi connectivity index (χ2n) is 4.29. The van der Waals surface area contributed by atoms with Crippen molar-refractivity contribution in [1.29, 1.82) is 0 Å². The van der Waals surface area contributed by atoms with Crippen LogP contribution in [0.5, 0.6) is 0 Å². The fourth-order valence-electron chi connectivity index (χ4n) is 1.89. The van der Waals surface area contributed by atoms with Crippen LogP contribution in [0.25, 0.3) is 0 Å². The number of nitrogen functional groups attached to an aromatic ring is 1. The number of methoxy groups -OCH3 is 1. The molecule has 19 heavy (non-hydrogen) atoms. The predicted molar refractivity (Wildman–Crippen MR) is 69.6 cm³/mol. The average Bonchev–Trinajstić information content (AvgIpc) is 2.97. The van der Waals surface area contributed by atoms with Crippen molar-refractivity contribution in [3.63, 3.8) is 0 Å². The number of ether oxygens (including phenoxy) is 1. The van der Waals surface area contributed by atoms with Crippen LogP contribution in [0.4, 0.5) is 5.82 Å². The second-order valence-corrected chi connectivity index (χ2v) is 4.29. The van der Waals surface area contributed by atoms with Crippen LogP contribution in [0.15, 0.2) is 12.5 Å². The van der Waals surface area contributed by atoms with Gasteiger partial charge < -0.3 is 15.0 Å². The van der Waals surface area contributed by atoms with E-state index in [9.17, 15) is 4.79 Å². The van der Waals surface area contributed by atoms with E-state index in [1.54, 1.807) is 10.9 Å². The van der Waals surface area contributed by atoms with Gasteiger partial charge in [-0.3, -0.25) is 5.10 Å². The molecule has 0 radical (unpaired) electrons. The molecule has 2 heterocycles. The molecule has 0 spiro atoms. The fraction of sp³-hybridized carbons (Fsp3) is 0.417. The number of aromatic amines is 1. The van der Waals surface area contributed by atoms with Crippen LogP contribution in [0, 0.1) is 6.92 Å². The predicted octanol–water partition coefficient (Wildman–Crippen LogP) is 0.916. The zero-order valence-electron chi connectivity index (χ0n) is 11.0. The van der Waals surface area contributed by atoms with Crippen LogP contribution in [0.3, 0.4) is 0 Å². The molecule has 0 bridgehead atoms. The molecule has 0 aliphatic heterocycles. The van der Waals surface area contributed by atoms with Crippen LogP contribution >= 0.6 is 0 Å². The van der Waals surface area contributed by atoms with Crippen LogP contribution in [-0.2, 0) is 17.7 Å². The van der Waals surface area contributed by atoms with Gasteiger partial charge in [0.15, 0.2) is 5.69 Å². The average molecular weight is 263 g/mol. The lowest BCUT2D eigenvalue weighted by atomic mass is 10.1. The molecule has 0 aliphatic rings. The molecule has 0 saturated heterocycles. The van der Waals surface area contributed by atoms with Crippen molar-refractivity contribution in [2.45, 2.75) is 26.3 Å². The highest BCUT2D eigenvalue weighted by molar-refractivity contribution is 5.91. The Hall–Kier alpha value is -2.31. The van der Waals surface area contributed by atoms with E-state index in [0.29, 0.717) is 12.4 Å². The number of hydrogen-bond acceptors (Lipinski definition) is 5. The van der Waals surface area contributed by atoms with Gasteiger partial charge in [-0.25, -0.2) is 9.78 Å². The van der Waals surface area contributed by atoms with Crippen LogP contribution < -0.4 is 5.73 Å². The minimum atomic E-state index is -0.512. The molecule has 0 aliphatic carbocycles. The summed E-state index contributed by atoms with van der Waals surface area (Å²) in [7, 11) is 1.31. The summed E-state index contributed by atoms with van der Waals surface area (Å²) in [5, 5.41) is 6.87. The van der Waals surface area contributed by atoms with Crippen molar-refractivity contribution < 1.29 is 9.53 Å². The lowest BCUT2D eigenvalue weighted by molar-refractivity contribution is 0.0596. The van der Waals surface area contributed by atoms with Crippen molar-refractivity contribution in [2.24, 2.45) is 0 Å². The number of rotatable bonds is 5. The number of nitrogens with two attached hydrogens (primary N) is 1. The Labute approximate surface area is 110 Å². The van der Waals surface area contributed by atoms with Crippen molar-refractivity contribution in [3.8, 4) is 0 Å². The first-order valence-corrected chi connectivity index (χ1v) is 6.01. The Bertz CT molecular complexity index is 572. The first-order chi connectivity index (χ1) is 9.13. The summed E-state index contributed by atoms with van der Waals surface area (Å²) < 4.78 is 6.35. The van der Waals surface area contributed by atoms with Gasteiger partial charge in [-0.15, -0.1) is 0 Å². The minimum Gasteiger partial charge on any atom is -0.464 e. The van der Waals surface area contributed by atoms with Gasteiger partial charge in [0.25, 0.3) is 0 Å². The van der Waals surface area contributed by atoms with Crippen LogP contribution in [-0.4, -0.2) is 32.8 Å². The summed E-state index contributed by atoms with van der Waals surface area (Å²) in [5.41, 5.74) is 8.28. The topological polar surface area (TPSA) is 98.8 Å². The highest BCUT2D eigenvalue weighted by Crippen LogP contribution is 2.13. The first-order valence-electron chi connectivity index (χ1n) is 6.01. The number of nitrogens with one attached hydrogen (secondary N) is 1. The van der Waals surface area contributed by atoms with Gasteiger partial charge in [-0.2, -0.15) is 5.10 Å². The molecule has 3 N–H and O–H groups in total. The van der Waals surface area contributed by atoms with E-state index in [2.05, 4.69) is 19.9 Å². The minimum absolute atomic E-state index is 0.169. The molecular weight excluding hydrogens is 246 g/mol. The maximum atomic E-state index is 11.4. The number of carbonyl (C=O) groups is 1. The largest absolute Gasteiger partial charge is 0.464 e. The molecule has 0 fully saturated rings. The number of carbonyl (C=O) groups excluding carboxylic acids is 1. The monoisotopic (exact) mass is 263 g/mol. The number of imidazole rings is 1. The van der Waals surface area contributed by atoms with E-state index in [4.69, 9.17) is 5.73 Å². The third-order valence-electron chi connectivity index (χ3n) is 3.04. The molecule has 0 unspecified atom stereocenters. The standard InChI is InChI=1S/C12H17N5O2/c1-8-9(6-15-16-8)4-3-5-17-7-14-10(11(17)13)12(18)19-2/h6-7H,3-5,13H2,1-2H3,(H,15,16). The van der Waals surface area contributed by atoms with Gasteiger partial charge in [-0.05, 0) is 25.3 Å².